The number of methoxy groups -OCH3 is 1. The Balaban J connectivity index is 2.07. The van der Waals surface area contributed by atoms with Gasteiger partial charge in [0.25, 0.3) is 0 Å². The zero-order valence-electron chi connectivity index (χ0n) is 18.3. The Morgan fingerprint density at radius 3 is 2.23 bits per heavy atom. The lowest BCUT2D eigenvalue weighted by Crippen LogP contribution is -2.63. The SMILES string of the molecule is CC/C(C)=C/N=C(N)N1CCN(S(=O)(=O)C2(C(N)=O)CCN(CCOC)CC2)CC1. The van der Waals surface area contributed by atoms with Crippen molar-refractivity contribution in [3.05, 3.63) is 11.8 Å². The van der Waals surface area contributed by atoms with Crippen molar-refractivity contribution in [2.24, 2.45) is 16.5 Å². The Morgan fingerprint density at radius 1 is 1.13 bits per heavy atom. The summed E-state index contributed by atoms with van der Waals surface area (Å²) in [6.07, 6.45) is 3.01. The molecule has 0 aromatic carbocycles. The van der Waals surface area contributed by atoms with Crippen molar-refractivity contribution in [2.75, 3.05) is 59.5 Å². The van der Waals surface area contributed by atoms with Gasteiger partial charge in [-0.2, -0.15) is 4.31 Å². The molecule has 172 valence electrons. The maximum absolute atomic E-state index is 13.4. The van der Waals surface area contributed by atoms with Gasteiger partial charge in [-0.15, -0.1) is 0 Å². The van der Waals surface area contributed by atoms with Crippen molar-refractivity contribution < 1.29 is 17.9 Å². The number of guanidine groups is 1. The second-order valence-electron chi connectivity index (χ2n) is 7.90. The molecule has 0 aromatic rings. The first-order valence-corrected chi connectivity index (χ1v) is 11.9. The van der Waals surface area contributed by atoms with Crippen molar-refractivity contribution in [2.45, 2.75) is 37.9 Å². The Bertz CT molecular complexity index is 751. The van der Waals surface area contributed by atoms with E-state index in [1.54, 1.807) is 13.3 Å². The van der Waals surface area contributed by atoms with Crippen LogP contribution in [0.1, 0.15) is 33.1 Å². The summed E-state index contributed by atoms with van der Waals surface area (Å²) in [5.41, 5.74) is 12.8. The number of piperazine rings is 1. The van der Waals surface area contributed by atoms with Crippen molar-refractivity contribution >= 4 is 21.9 Å². The summed E-state index contributed by atoms with van der Waals surface area (Å²) in [7, 11) is -2.26. The predicted octanol–water partition coefficient (Wildman–Crippen LogP) is -0.471. The number of hydrogen-bond acceptors (Lipinski definition) is 6. The number of nitrogens with zero attached hydrogens (tertiary/aromatic N) is 4. The third-order valence-corrected chi connectivity index (χ3v) is 8.74. The molecule has 11 heteroatoms. The number of carbonyl (C=O) groups excluding carboxylic acids is 1. The van der Waals surface area contributed by atoms with E-state index in [2.05, 4.69) is 9.89 Å². The molecule has 0 saturated carbocycles. The fourth-order valence-corrected chi connectivity index (χ4v) is 5.83. The molecular formula is C19H36N6O4S. The van der Waals surface area contributed by atoms with E-state index in [4.69, 9.17) is 16.2 Å². The summed E-state index contributed by atoms with van der Waals surface area (Å²) < 4.78 is 31.8. The molecule has 10 nitrogen and oxygen atoms in total. The van der Waals surface area contributed by atoms with Crippen LogP contribution in [0, 0.1) is 0 Å². The Labute approximate surface area is 179 Å². The molecule has 2 fully saturated rings. The number of aliphatic imine (C=N–C) groups is 1. The number of piperidine rings is 1. The van der Waals surface area contributed by atoms with Crippen LogP contribution in [-0.2, 0) is 19.6 Å². The zero-order valence-corrected chi connectivity index (χ0v) is 19.2. The first kappa shape index (κ1) is 24.6. The minimum Gasteiger partial charge on any atom is -0.383 e. The molecule has 1 amide bonds. The molecule has 2 aliphatic heterocycles. The number of carbonyl (C=O) groups is 1. The van der Waals surface area contributed by atoms with Crippen LogP contribution in [0.25, 0.3) is 0 Å². The number of likely N-dealkylation sites (tertiary alicyclic amines) is 1. The number of rotatable bonds is 8. The number of amides is 1. The van der Waals surface area contributed by atoms with Crippen LogP contribution >= 0.6 is 0 Å². The Hall–Kier alpha value is -1.69. The molecule has 2 aliphatic rings. The summed E-state index contributed by atoms with van der Waals surface area (Å²) in [4.78, 5) is 20.6. The fourth-order valence-electron chi connectivity index (χ4n) is 3.74. The van der Waals surface area contributed by atoms with Crippen molar-refractivity contribution in [3.63, 3.8) is 0 Å². The minimum atomic E-state index is -3.89. The molecule has 0 aliphatic carbocycles. The lowest BCUT2D eigenvalue weighted by atomic mass is 9.95. The number of hydrogen-bond donors (Lipinski definition) is 2. The summed E-state index contributed by atoms with van der Waals surface area (Å²) in [6.45, 7) is 7.61. The van der Waals surface area contributed by atoms with E-state index in [0.29, 0.717) is 45.3 Å². The minimum absolute atomic E-state index is 0.194. The highest BCUT2D eigenvalue weighted by molar-refractivity contribution is 7.91. The van der Waals surface area contributed by atoms with Gasteiger partial charge in [0.05, 0.1) is 6.61 Å². The smallest absolute Gasteiger partial charge is 0.240 e. The highest BCUT2D eigenvalue weighted by Crippen LogP contribution is 2.33. The molecule has 0 radical (unpaired) electrons. The zero-order chi connectivity index (χ0) is 22.4. The van der Waals surface area contributed by atoms with Gasteiger partial charge >= 0.3 is 0 Å². The van der Waals surface area contributed by atoms with E-state index in [-0.39, 0.29) is 25.9 Å². The molecule has 0 atom stereocenters. The molecule has 0 spiro atoms. The van der Waals surface area contributed by atoms with Crippen molar-refractivity contribution in [3.8, 4) is 0 Å². The van der Waals surface area contributed by atoms with Gasteiger partial charge in [0, 0.05) is 59.1 Å². The highest BCUT2D eigenvalue weighted by Gasteiger charge is 2.53. The lowest BCUT2D eigenvalue weighted by molar-refractivity contribution is -0.121. The third-order valence-electron chi connectivity index (χ3n) is 6.10. The van der Waals surface area contributed by atoms with Gasteiger partial charge < -0.3 is 26.0 Å². The lowest BCUT2D eigenvalue weighted by Gasteiger charge is -2.43. The molecular weight excluding hydrogens is 408 g/mol. The van der Waals surface area contributed by atoms with Crippen LogP contribution < -0.4 is 11.5 Å². The third kappa shape index (κ3) is 5.32. The quantitative estimate of drug-likeness (QED) is 0.382. The van der Waals surface area contributed by atoms with Gasteiger partial charge in [-0.05, 0) is 26.2 Å². The van der Waals surface area contributed by atoms with Gasteiger partial charge in [0.1, 0.15) is 0 Å². The average Bonchev–Trinajstić information content (AvgIpc) is 2.75. The summed E-state index contributed by atoms with van der Waals surface area (Å²) in [6, 6.07) is 0. The van der Waals surface area contributed by atoms with E-state index in [9.17, 15) is 13.2 Å². The second-order valence-corrected chi connectivity index (χ2v) is 10.1. The van der Waals surface area contributed by atoms with Crippen molar-refractivity contribution in [1.29, 1.82) is 0 Å². The molecule has 2 rings (SSSR count). The Kier molecular flexibility index (Phi) is 8.65. The Morgan fingerprint density at radius 2 is 1.73 bits per heavy atom. The van der Waals surface area contributed by atoms with E-state index >= 15 is 0 Å². The number of sulfonamides is 1. The van der Waals surface area contributed by atoms with Crippen molar-refractivity contribution in [1.82, 2.24) is 14.1 Å². The number of allylic oxidation sites excluding steroid dienone is 1. The summed E-state index contributed by atoms with van der Waals surface area (Å²) >= 11 is 0. The van der Waals surface area contributed by atoms with Gasteiger partial charge in [0.2, 0.25) is 15.9 Å². The maximum atomic E-state index is 13.4. The summed E-state index contributed by atoms with van der Waals surface area (Å²) in [5, 5.41) is 0. The van der Waals surface area contributed by atoms with Crippen LogP contribution in [-0.4, -0.2) is 98.7 Å². The van der Waals surface area contributed by atoms with E-state index < -0.39 is 20.7 Å². The monoisotopic (exact) mass is 444 g/mol. The van der Waals surface area contributed by atoms with Gasteiger partial charge in [0.15, 0.2) is 10.7 Å². The topological polar surface area (TPSA) is 135 Å². The number of primary amides is 1. The molecule has 2 heterocycles. The van der Waals surface area contributed by atoms with Crippen LogP contribution in [0.4, 0.5) is 0 Å². The summed E-state index contributed by atoms with van der Waals surface area (Å²) in [5.74, 6) is -0.395. The molecule has 0 aromatic heterocycles. The number of nitrogens with two attached hydrogens (primary N) is 2. The standard InChI is InChI=1S/C19H36N6O4S/c1-4-16(2)15-22-18(21)24-9-11-25(12-10-24)30(27,28)19(17(20)26)5-7-23(8-6-19)13-14-29-3/h15H,4-14H2,1-3H3,(H2,20,26)(H2,21,22)/b16-15+. The second kappa shape index (κ2) is 10.6. The van der Waals surface area contributed by atoms with Crippen LogP contribution in [0.2, 0.25) is 0 Å². The van der Waals surface area contributed by atoms with E-state index in [1.165, 1.54) is 4.31 Å². The van der Waals surface area contributed by atoms with Crippen LogP contribution in [0.3, 0.4) is 0 Å². The fraction of sp³-hybridized carbons (Fsp3) is 0.789. The van der Waals surface area contributed by atoms with E-state index in [1.807, 2.05) is 18.7 Å². The van der Waals surface area contributed by atoms with Crippen LogP contribution in [0.15, 0.2) is 16.8 Å². The predicted molar refractivity (Wildman–Crippen MR) is 117 cm³/mol. The first-order chi connectivity index (χ1) is 14.2. The first-order valence-electron chi connectivity index (χ1n) is 10.4. The molecule has 0 unspecified atom stereocenters. The highest BCUT2D eigenvalue weighted by atomic mass is 32.2. The largest absolute Gasteiger partial charge is 0.383 e. The van der Waals surface area contributed by atoms with E-state index in [0.717, 1.165) is 12.0 Å². The molecule has 30 heavy (non-hydrogen) atoms. The number of ether oxygens (including phenoxy) is 1. The van der Waals surface area contributed by atoms with Gasteiger partial charge in [-0.3, -0.25) is 4.79 Å². The van der Waals surface area contributed by atoms with Gasteiger partial charge in [-0.1, -0.05) is 12.5 Å². The van der Waals surface area contributed by atoms with Gasteiger partial charge in [-0.25, -0.2) is 13.4 Å². The molecule has 4 N–H and O–H groups in total. The van der Waals surface area contributed by atoms with Crippen LogP contribution in [0.5, 0.6) is 0 Å². The molecule has 0 bridgehead atoms. The molecule has 2 saturated heterocycles. The normalized spacial score (nSPS) is 22.3. The average molecular weight is 445 g/mol. The maximum Gasteiger partial charge on any atom is 0.240 e.